The zero-order valence-corrected chi connectivity index (χ0v) is 46.7. The number of alkyl halides is 22. The molecule has 0 radical (unpaired) electrons. The van der Waals surface area contributed by atoms with E-state index in [0.717, 1.165) is 55.4 Å². The zero-order valence-electron chi connectivity index (χ0n) is 46.7. The second kappa shape index (κ2) is 16.9. The van der Waals surface area contributed by atoms with Crippen molar-refractivity contribution in [2.75, 3.05) is 0 Å². The molecule has 0 unspecified atom stereocenters. The van der Waals surface area contributed by atoms with Crippen molar-refractivity contribution < 1.29 is 101 Å². The van der Waals surface area contributed by atoms with Crippen LogP contribution in [0.2, 0.25) is 0 Å². The Morgan fingerprint density at radius 2 is 0.289 bits per heavy atom. The summed E-state index contributed by atoms with van der Waals surface area (Å²) in [6.45, 7) is 17.6. The van der Waals surface area contributed by atoms with Gasteiger partial charge < -0.3 is 0 Å². The van der Waals surface area contributed by atoms with E-state index in [1.54, 1.807) is 0 Å². The average Bonchev–Trinajstić information content (AvgIpc) is 0.693. The number of benzene rings is 4. The van der Waals surface area contributed by atoms with Crippen molar-refractivity contribution in [3.8, 4) is 0 Å². The molecule has 83 heavy (non-hydrogen) atoms. The van der Waals surface area contributed by atoms with Gasteiger partial charge in [-0.3, -0.25) is 4.79 Å². The molecule has 448 valence electrons. The van der Waals surface area contributed by atoms with Crippen LogP contribution in [0.5, 0.6) is 0 Å². The van der Waals surface area contributed by atoms with Gasteiger partial charge in [-0.1, -0.05) is 0 Å². The minimum atomic E-state index is -6.04. The second-order valence-electron chi connectivity index (χ2n) is 22.6. The lowest BCUT2D eigenvalue weighted by atomic mass is 9.61. The van der Waals surface area contributed by atoms with Crippen molar-refractivity contribution in [3.63, 3.8) is 0 Å². The Hall–Kier alpha value is -6.03. The third kappa shape index (κ3) is 6.87. The molecule has 0 bridgehead atoms. The minimum absolute atomic E-state index is 0.0445. The summed E-state index contributed by atoms with van der Waals surface area (Å²) in [4.78, 5) is 13.5. The number of hydrogen-bond donors (Lipinski definition) is 0. The van der Waals surface area contributed by atoms with E-state index in [9.17, 15) is 4.79 Å². The highest BCUT2D eigenvalue weighted by molar-refractivity contribution is 6.15. The molecule has 0 N–H and O–H groups in total. The summed E-state index contributed by atoms with van der Waals surface area (Å²) in [7, 11) is 0. The van der Waals surface area contributed by atoms with Gasteiger partial charge in [-0.15, -0.1) is 0 Å². The Kier molecular flexibility index (Phi) is 12.5. The van der Waals surface area contributed by atoms with E-state index in [0.29, 0.717) is 0 Å². The Bertz CT molecular complexity index is 3540. The van der Waals surface area contributed by atoms with Crippen LogP contribution in [0.15, 0.2) is 44.6 Å². The van der Waals surface area contributed by atoms with E-state index in [4.69, 9.17) is 0 Å². The van der Waals surface area contributed by atoms with E-state index < -0.39 is 205 Å². The number of fused-ring (bicyclic) bond motifs is 4. The predicted molar refractivity (Wildman–Crippen MR) is 261 cm³/mol. The fraction of sp³-hybridized carbons (Fsp3) is 0.450. The second-order valence-corrected chi connectivity index (χ2v) is 22.6. The van der Waals surface area contributed by atoms with E-state index in [2.05, 4.69) is 0 Å². The number of carbonyl (C=O) groups is 1. The summed E-state index contributed by atoms with van der Waals surface area (Å²) in [5.74, 6) is -62.0. The molecule has 0 saturated carbocycles. The summed E-state index contributed by atoms with van der Waals surface area (Å²) in [5, 5.41) is 0. The highest BCUT2D eigenvalue weighted by Crippen LogP contribution is 2.74. The summed E-state index contributed by atoms with van der Waals surface area (Å²) < 4.78 is 356. The molecule has 0 spiro atoms. The Morgan fingerprint density at radius 3 is 0.446 bits per heavy atom. The van der Waals surface area contributed by atoms with Crippen molar-refractivity contribution in [1.82, 2.24) is 0 Å². The highest BCUT2D eigenvalue weighted by Gasteiger charge is 2.80. The first-order valence-corrected chi connectivity index (χ1v) is 25.4. The van der Waals surface area contributed by atoms with Crippen LogP contribution in [0.1, 0.15) is 134 Å². The summed E-state index contributed by atoms with van der Waals surface area (Å²) in [6.07, 6.45) is 0. The van der Waals surface area contributed by atoms with E-state index in [1.165, 1.54) is 55.4 Å². The fourth-order valence-electron chi connectivity index (χ4n) is 13.8. The number of carbonyl (C=O) groups excluding carboxylic acids is 1. The van der Waals surface area contributed by atoms with Crippen LogP contribution < -0.4 is 0 Å². The van der Waals surface area contributed by atoms with Gasteiger partial charge in [0.05, 0.1) is 44.6 Å². The third-order valence-electron chi connectivity index (χ3n) is 19.1. The lowest BCUT2D eigenvalue weighted by molar-refractivity contribution is -0.139. The standard InChI is InChI=1S/C30H24F12.C30H24F10O/c1-9-10(2)14(6)18-17(13(9)5)25(31,32)21-22(26(18,33)34)30(41,42)24-23(29(21,39)40)27(35,36)19-15(7)11(3)12(4)16(8)20(19)28(24,37)38;1-9-11(3)15(7)19-17(13(9)5)26(31,32)21-23(41)22-25(30(39,40)24(21)28(19,35)36)29(37,38)20-16(8)12(4)10(2)14(6)18(20)27(22,33)34/h1-8H3;1-8H3. The summed E-state index contributed by atoms with van der Waals surface area (Å²) >= 11 is 0. The largest absolute Gasteiger partial charge is 0.304 e. The molecule has 0 amide bonds. The maximum Gasteiger partial charge on any atom is 0.304 e. The predicted octanol–water partition coefficient (Wildman–Crippen LogP) is 19.2. The SMILES string of the molecule is Cc1c(C)c(C)c2c(c1C)C(F)(F)C1=C(C(F)(F)C3=C(C1(F)F)C(F)(F)c1c(C)c(C)c(C)c(C)c1C3(F)F)C2(F)F.Cc1c(C)c(C)c2c(c1C)C(F)(F)C1=C(C(F)(F)C3=C(C1=O)C(F)(F)c1c(C)c(C)c(C)c(C)c1C3(F)F)C2(F)F. The van der Waals surface area contributed by atoms with E-state index in [-0.39, 0.29) is 44.5 Å². The number of allylic oxidation sites excluding steroid dienone is 8. The minimum Gasteiger partial charge on any atom is -0.289 e. The maximum atomic E-state index is 16.2. The van der Waals surface area contributed by atoms with Crippen LogP contribution in [-0.2, 0) is 52.2 Å². The molecule has 0 aromatic heterocycles. The van der Waals surface area contributed by atoms with Gasteiger partial charge in [-0.25, -0.2) is 0 Å². The monoisotopic (exact) mass is 1200 g/mol. The van der Waals surface area contributed by atoms with Gasteiger partial charge in [0.2, 0.25) is 0 Å². The van der Waals surface area contributed by atoms with Gasteiger partial charge in [0.25, 0.3) is 0 Å². The molecule has 4 aromatic rings. The van der Waals surface area contributed by atoms with Crippen molar-refractivity contribution >= 4 is 5.78 Å². The first-order valence-electron chi connectivity index (χ1n) is 25.4. The quantitative estimate of drug-likeness (QED) is 0.127. The smallest absolute Gasteiger partial charge is 0.289 e. The maximum absolute atomic E-state index is 16.2. The fourth-order valence-corrected chi connectivity index (χ4v) is 13.8. The van der Waals surface area contributed by atoms with Crippen LogP contribution in [0.4, 0.5) is 96.6 Å². The molecule has 0 fully saturated rings. The summed E-state index contributed by atoms with van der Waals surface area (Å²) in [6, 6.07) is 0. The molecular formula is C60H48F22O. The van der Waals surface area contributed by atoms with Crippen molar-refractivity contribution in [3.05, 3.63) is 178 Å². The first kappa shape index (κ1) is 61.5. The first-order chi connectivity index (χ1) is 37.2. The molecule has 6 aliphatic rings. The molecule has 23 heteroatoms. The highest BCUT2D eigenvalue weighted by atomic mass is 19.3. The molecule has 0 heterocycles. The van der Waals surface area contributed by atoms with E-state index in [1.807, 2.05) is 0 Å². The van der Waals surface area contributed by atoms with Gasteiger partial charge in [-0.2, -0.15) is 96.6 Å². The number of rotatable bonds is 0. The number of Topliss-reactive ketones (excluding diaryl/α,β-unsaturated/α-hetero) is 1. The van der Waals surface area contributed by atoms with Gasteiger partial charge in [0.1, 0.15) is 0 Å². The molecule has 0 aliphatic heterocycles. The molecule has 10 rings (SSSR count). The van der Waals surface area contributed by atoms with Crippen LogP contribution in [0, 0.1) is 111 Å². The van der Waals surface area contributed by atoms with Gasteiger partial charge >= 0.3 is 65.1 Å². The Labute approximate surface area is 460 Å². The molecule has 1 nitrogen and oxygen atoms in total. The van der Waals surface area contributed by atoms with Crippen LogP contribution in [0.3, 0.4) is 0 Å². The molecular weight excluding hydrogens is 1150 g/mol. The van der Waals surface area contributed by atoms with Gasteiger partial charge in [0.15, 0.2) is 5.78 Å². The number of halogens is 22. The van der Waals surface area contributed by atoms with Crippen LogP contribution >= 0.6 is 0 Å². The normalized spacial score (nSPS) is 23.2. The van der Waals surface area contributed by atoms with E-state index >= 15 is 96.6 Å². The van der Waals surface area contributed by atoms with Crippen LogP contribution in [0.25, 0.3) is 0 Å². The Morgan fingerprint density at radius 1 is 0.169 bits per heavy atom. The summed E-state index contributed by atoms with van der Waals surface area (Å²) in [5.41, 5.74) is -41.6. The molecule has 0 atom stereocenters. The van der Waals surface area contributed by atoms with Crippen molar-refractivity contribution in [1.29, 1.82) is 0 Å². The molecule has 6 aliphatic carbocycles. The zero-order chi connectivity index (χ0) is 63.6. The average molecular weight is 1200 g/mol. The number of ketones is 1. The molecule has 0 saturated heterocycles. The van der Waals surface area contributed by atoms with Gasteiger partial charge in [0, 0.05) is 44.5 Å². The van der Waals surface area contributed by atoms with Crippen molar-refractivity contribution in [2.24, 2.45) is 0 Å². The van der Waals surface area contributed by atoms with Crippen molar-refractivity contribution in [2.45, 2.75) is 176 Å². The number of hydrogen-bond acceptors (Lipinski definition) is 1. The lowest BCUT2D eigenvalue weighted by Crippen LogP contribution is -2.58. The van der Waals surface area contributed by atoms with Gasteiger partial charge in [-0.05, 0) is 200 Å². The van der Waals surface area contributed by atoms with Crippen LogP contribution in [-0.4, -0.2) is 23.6 Å². The Balaban J connectivity index is 0.000000200. The lowest BCUT2D eigenvalue weighted by Gasteiger charge is -2.50. The molecule has 4 aromatic carbocycles. The third-order valence-corrected chi connectivity index (χ3v) is 19.1. The topological polar surface area (TPSA) is 17.1 Å².